The summed E-state index contributed by atoms with van der Waals surface area (Å²) >= 11 is 0. The molecule has 0 spiro atoms. The van der Waals surface area contributed by atoms with E-state index in [1.807, 2.05) is 12.4 Å². The Hall–Kier alpha value is -4.48. The van der Waals surface area contributed by atoms with Crippen molar-refractivity contribution in [1.29, 1.82) is 0 Å². The number of benzene rings is 4. The molecule has 5 nitrogen and oxygen atoms in total. The molecule has 0 radical (unpaired) electrons. The predicted octanol–water partition coefficient (Wildman–Crippen LogP) is 7.84. The molecule has 0 aliphatic carbocycles. The highest BCUT2D eigenvalue weighted by atomic mass is 15.2. The first-order chi connectivity index (χ1) is 19.7. The van der Waals surface area contributed by atoms with E-state index < -0.39 is 0 Å². The van der Waals surface area contributed by atoms with Crippen LogP contribution in [0.4, 0.5) is 0 Å². The summed E-state index contributed by atoms with van der Waals surface area (Å²) in [5.41, 5.74) is 8.22. The molecule has 2 N–H and O–H groups in total. The highest BCUT2D eigenvalue weighted by Crippen LogP contribution is 2.32. The second kappa shape index (κ2) is 10.6. The zero-order valence-corrected chi connectivity index (χ0v) is 22.8. The first-order valence-electron chi connectivity index (χ1n) is 14.2. The van der Waals surface area contributed by atoms with Crippen LogP contribution < -0.4 is 0 Å². The first-order valence-corrected chi connectivity index (χ1v) is 14.2. The maximum absolute atomic E-state index is 4.69. The van der Waals surface area contributed by atoms with E-state index in [0.717, 1.165) is 53.5 Å². The number of aryl methyl sites for hydroxylation is 2. The molecule has 3 heterocycles. The van der Waals surface area contributed by atoms with Crippen LogP contribution in [0.2, 0.25) is 0 Å². The Balaban J connectivity index is 1.06. The minimum Gasteiger partial charge on any atom is -0.342 e. The van der Waals surface area contributed by atoms with Gasteiger partial charge in [-0.05, 0) is 78.0 Å². The van der Waals surface area contributed by atoms with Crippen molar-refractivity contribution in [2.24, 2.45) is 0 Å². The molecule has 6 aromatic rings. The van der Waals surface area contributed by atoms with Gasteiger partial charge in [0.05, 0.1) is 29.8 Å². The molecule has 0 bridgehead atoms. The molecule has 7 rings (SSSR count). The van der Waals surface area contributed by atoms with E-state index in [2.05, 4.69) is 123 Å². The first kappa shape index (κ1) is 24.6. The molecule has 1 saturated heterocycles. The van der Waals surface area contributed by atoms with Crippen molar-refractivity contribution in [3.8, 4) is 33.6 Å². The van der Waals surface area contributed by atoms with Crippen molar-refractivity contribution in [1.82, 2.24) is 24.8 Å². The largest absolute Gasteiger partial charge is 0.342 e. The molecule has 0 saturated carbocycles. The Kier molecular flexibility index (Phi) is 6.50. The van der Waals surface area contributed by atoms with Crippen LogP contribution in [-0.2, 0) is 12.8 Å². The highest BCUT2D eigenvalue weighted by molar-refractivity contribution is 5.90. The summed E-state index contributed by atoms with van der Waals surface area (Å²) in [5.74, 6) is 2.10. The number of H-pyrrole nitrogens is 2. The van der Waals surface area contributed by atoms with E-state index in [9.17, 15) is 0 Å². The summed E-state index contributed by atoms with van der Waals surface area (Å²) in [5, 5.41) is 2.45. The van der Waals surface area contributed by atoms with E-state index in [-0.39, 0.29) is 0 Å². The van der Waals surface area contributed by atoms with E-state index in [0.29, 0.717) is 6.04 Å². The zero-order valence-electron chi connectivity index (χ0n) is 22.8. The van der Waals surface area contributed by atoms with Crippen molar-refractivity contribution in [3.05, 3.63) is 121 Å². The molecule has 5 heteroatoms. The van der Waals surface area contributed by atoms with Gasteiger partial charge in [0, 0.05) is 12.0 Å². The van der Waals surface area contributed by atoms with E-state index in [1.165, 1.54) is 40.3 Å². The second-order valence-corrected chi connectivity index (χ2v) is 10.9. The topological polar surface area (TPSA) is 60.6 Å². The van der Waals surface area contributed by atoms with Gasteiger partial charge >= 0.3 is 0 Å². The molecular weight excluding hydrogens is 490 g/mol. The minimum absolute atomic E-state index is 0.404. The Bertz CT molecular complexity index is 1750. The fraction of sp³-hybridized carbons (Fsp3) is 0.200. The maximum Gasteiger partial charge on any atom is 0.123 e. The third-order valence-electron chi connectivity index (χ3n) is 8.23. The smallest absolute Gasteiger partial charge is 0.123 e. The van der Waals surface area contributed by atoms with Crippen LogP contribution >= 0.6 is 0 Å². The second-order valence-electron chi connectivity index (χ2n) is 10.9. The maximum atomic E-state index is 4.69. The molecule has 2 aromatic heterocycles. The summed E-state index contributed by atoms with van der Waals surface area (Å²) in [7, 11) is 2.18. The van der Waals surface area contributed by atoms with Crippen LogP contribution in [0.5, 0.6) is 0 Å². The lowest BCUT2D eigenvalue weighted by Crippen LogP contribution is -2.18. The Morgan fingerprint density at radius 2 is 1.38 bits per heavy atom. The zero-order chi connectivity index (χ0) is 26.9. The quantitative estimate of drug-likeness (QED) is 0.224. The molecule has 1 aliphatic rings. The van der Waals surface area contributed by atoms with Gasteiger partial charge in [0.2, 0.25) is 0 Å². The Morgan fingerprint density at radius 1 is 0.700 bits per heavy atom. The fourth-order valence-electron chi connectivity index (χ4n) is 5.89. The van der Waals surface area contributed by atoms with Crippen molar-refractivity contribution in [2.75, 3.05) is 13.6 Å². The molecule has 1 unspecified atom stereocenters. The number of likely N-dealkylation sites (tertiary alicyclic amines) is 1. The van der Waals surface area contributed by atoms with Gasteiger partial charge in [0.25, 0.3) is 0 Å². The molecule has 40 heavy (non-hydrogen) atoms. The number of hydrogen-bond donors (Lipinski definition) is 2. The average molecular weight is 524 g/mol. The lowest BCUT2D eigenvalue weighted by Gasteiger charge is -2.16. The van der Waals surface area contributed by atoms with E-state index in [4.69, 9.17) is 0 Å². The summed E-state index contributed by atoms with van der Waals surface area (Å²) < 4.78 is 0. The van der Waals surface area contributed by atoms with Gasteiger partial charge in [-0.15, -0.1) is 0 Å². The lowest BCUT2D eigenvalue weighted by atomic mass is 9.98. The molecule has 1 aliphatic heterocycles. The summed E-state index contributed by atoms with van der Waals surface area (Å²) in [6.45, 7) is 1.14. The number of nitrogens with one attached hydrogen (secondary N) is 2. The number of nitrogens with zero attached hydrogens (tertiary/aromatic N) is 3. The van der Waals surface area contributed by atoms with Crippen molar-refractivity contribution in [2.45, 2.75) is 31.7 Å². The van der Waals surface area contributed by atoms with Crippen molar-refractivity contribution >= 4 is 10.8 Å². The third kappa shape index (κ3) is 4.96. The fourth-order valence-corrected chi connectivity index (χ4v) is 5.89. The van der Waals surface area contributed by atoms with Gasteiger partial charge in [0.15, 0.2) is 0 Å². The van der Waals surface area contributed by atoms with Gasteiger partial charge in [-0.25, -0.2) is 9.97 Å². The van der Waals surface area contributed by atoms with Gasteiger partial charge in [-0.3, -0.25) is 4.90 Å². The number of fused-ring (bicyclic) bond motifs is 1. The molecule has 198 valence electrons. The summed E-state index contributed by atoms with van der Waals surface area (Å²) in [6, 6.07) is 33.1. The van der Waals surface area contributed by atoms with Crippen LogP contribution in [0.3, 0.4) is 0 Å². The monoisotopic (exact) mass is 523 g/mol. The highest BCUT2D eigenvalue weighted by Gasteiger charge is 2.25. The van der Waals surface area contributed by atoms with Crippen LogP contribution in [0.1, 0.15) is 36.1 Å². The number of hydrogen-bond acceptors (Lipinski definition) is 3. The number of imidazole rings is 2. The third-order valence-corrected chi connectivity index (χ3v) is 8.23. The lowest BCUT2D eigenvalue weighted by molar-refractivity contribution is 0.307. The van der Waals surface area contributed by atoms with Gasteiger partial charge in [-0.2, -0.15) is 0 Å². The van der Waals surface area contributed by atoms with Gasteiger partial charge in [-0.1, -0.05) is 78.9 Å². The Labute approximate surface area is 235 Å². The number of aromatic nitrogens is 4. The van der Waals surface area contributed by atoms with Crippen molar-refractivity contribution < 1.29 is 0 Å². The van der Waals surface area contributed by atoms with E-state index >= 15 is 0 Å². The Morgan fingerprint density at radius 3 is 2.15 bits per heavy atom. The molecular formula is C35H33N5. The standard InChI is InChI=1S/C35H33N5/c1-40-19-5-8-33(40)35-37-23-31(39-35)26-12-10-25(11-13-26)27-14-15-29-21-30(17-16-28(29)20-27)32-22-36-34(38-32)18-9-24-6-3-2-4-7-24/h2-4,6-7,10-17,20-23,33H,5,8-9,18-19H2,1H3,(H,36,38)(H,37,39). The van der Waals surface area contributed by atoms with Crippen LogP contribution in [0, 0.1) is 0 Å². The normalized spacial score (nSPS) is 15.7. The van der Waals surface area contributed by atoms with Gasteiger partial charge < -0.3 is 9.97 Å². The number of aromatic amines is 2. The molecule has 0 amide bonds. The number of rotatable bonds is 7. The molecule has 1 atom stereocenters. The van der Waals surface area contributed by atoms with Crippen LogP contribution in [0.25, 0.3) is 44.4 Å². The van der Waals surface area contributed by atoms with Gasteiger partial charge in [0.1, 0.15) is 11.6 Å². The van der Waals surface area contributed by atoms with E-state index in [1.54, 1.807) is 0 Å². The molecule has 4 aromatic carbocycles. The SMILES string of the molecule is CN1CCCC1c1ncc(-c2ccc(-c3ccc4cc(-c5cnc(CCc6ccccc6)[nH]5)ccc4c3)cc2)[nH]1. The van der Waals surface area contributed by atoms with Crippen molar-refractivity contribution in [3.63, 3.8) is 0 Å². The summed E-state index contributed by atoms with van der Waals surface area (Å²) in [6.07, 6.45) is 8.21. The molecule has 1 fully saturated rings. The predicted molar refractivity (Wildman–Crippen MR) is 163 cm³/mol. The average Bonchev–Trinajstić information content (AvgIpc) is 3.77. The van der Waals surface area contributed by atoms with Crippen LogP contribution in [0.15, 0.2) is 103 Å². The summed E-state index contributed by atoms with van der Waals surface area (Å²) in [4.78, 5) is 18.8. The van der Waals surface area contributed by atoms with Crippen LogP contribution in [-0.4, -0.2) is 38.4 Å². The minimum atomic E-state index is 0.404.